The second kappa shape index (κ2) is 4.77. The van der Waals surface area contributed by atoms with Crippen molar-refractivity contribution in [2.24, 2.45) is 0 Å². The number of hydrogen-bond donors (Lipinski definition) is 2. The van der Waals surface area contributed by atoms with Gasteiger partial charge in [-0.1, -0.05) is 0 Å². The Morgan fingerprint density at radius 2 is 2.39 bits per heavy atom. The molecule has 18 heavy (non-hydrogen) atoms. The average Bonchev–Trinajstić information content (AvgIpc) is 2.98. The van der Waals surface area contributed by atoms with Crippen LogP contribution in [0.2, 0.25) is 0 Å². The Morgan fingerprint density at radius 1 is 1.44 bits per heavy atom. The average molecular weight is 307 g/mol. The van der Waals surface area contributed by atoms with E-state index in [2.05, 4.69) is 41.3 Å². The van der Waals surface area contributed by atoms with Gasteiger partial charge in [0, 0.05) is 31.1 Å². The molecule has 0 amide bonds. The maximum absolute atomic E-state index is 4.40. The third-order valence-corrected chi connectivity index (χ3v) is 3.17. The Morgan fingerprint density at radius 3 is 3.17 bits per heavy atom. The lowest BCUT2D eigenvalue weighted by Gasteiger charge is -1.98. The third kappa shape index (κ3) is 2.21. The number of aromatic amines is 1. The van der Waals surface area contributed by atoms with E-state index in [0.29, 0.717) is 5.95 Å². The van der Waals surface area contributed by atoms with E-state index >= 15 is 0 Å². The monoisotopic (exact) mass is 306 g/mol. The summed E-state index contributed by atoms with van der Waals surface area (Å²) in [6.07, 6.45) is 6.22. The van der Waals surface area contributed by atoms with E-state index in [-0.39, 0.29) is 0 Å². The van der Waals surface area contributed by atoms with Crippen LogP contribution in [0.15, 0.2) is 35.3 Å². The lowest BCUT2D eigenvalue weighted by Crippen LogP contribution is -2.06. The van der Waals surface area contributed by atoms with Crippen LogP contribution < -0.4 is 5.32 Å². The van der Waals surface area contributed by atoms with Crippen LogP contribution in [0.4, 0.5) is 5.95 Å². The fraction of sp³-hybridized carbons (Fsp3) is 0.182. The van der Waals surface area contributed by atoms with Crippen molar-refractivity contribution in [2.45, 2.75) is 6.42 Å². The number of nitrogens with zero attached hydrogens (tertiary/aromatic N) is 4. The number of anilines is 1. The first-order chi connectivity index (χ1) is 8.83. The van der Waals surface area contributed by atoms with Crippen molar-refractivity contribution in [1.29, 1.82) is 0 Å². The van der Waals surface area contributed by atoms with Gasteiger partial charge in [-0.3, -0.25) is 0 Å². The fourth-order valence-corrected chi connectivity index (χ4v) is 2.10. The standard InChI is InChI=1S/C11H11BrN6/c12-9-2-1-5-18-10(9)16-11(17-18)14-4-3-8-6-13-7-15-8/h1-2,5-7H,3-4H2,(H,13,15)(H,14,17). The zero-order valence-corrected chi connectivity index (χ0v) is 11.1. The summed E-state index contributed by atoms with van der Waals surface area (Å²) >= 11 is 3.45. The second-order valence-corrected chi connectivity index (χ2v) is 4.67. The Balaban J connectivity index is 1.69. The predicted molar refractivity (Wildman–Crippen MR) is 71.5 cm³/mol. The van der Waals surface area contributed by atoms with Gasteiger partial charge in [-0.05, 0) is 28.1 Å². The van der Waals surface area contributed by atoms with Crippen LogP contribution >= 0.6 is 15.9 Å². The van der Waals surface area contributed by atoms with Gasteiger partial charge in [0.1, 0.15) is 0 Å². The third-order valence-electron chi connectivity index (χ3n) is 2.55. The first-order valence-corrected chi connectivity index (χ1v) is 6.34. The fourth-order valence-electron chi connectivity index (χ4n) is 1.68. The molecule has 7 heteroatoms. The topological polar surface area (TPSA) is 70.9 Å². The molecule has 3 heterocycles. The number of hydrogen-bond acceptors (Lipinski definition) is 4. The highest BCUT2D eigenvalue weighted by atomic mass is 79.9. The van der Waals surface area contributed by atoms with Gasteiger partial charge in [-0.2, -0.15) is 4.98 Å². The van der Waals surface area contributed by atoms with Crippen LogP contribution in [0.5, 0.6) is 0 Å². The van der Waals surface area contributed by atoms with Crippen LogP contribution in [-0.2, 0) is 6.42 Å². The van der Waals surface area contributed by atoms with Crippen molar-refractivity contribution >= 4 is 27.5 Å². The molecular weight excluding hydrogens is 296 g/mol. The number of aromatic nitrogens is 5. The number of imidazole rings is 1. The first-order valence-electron chi connectivity index (χ1n) is 5.55. The minimum absolute atomic E-state index is 0.626. The molecule has 0 bridgehead atoms. The zero-order valence-electron chi connectivity index (χ0n) is 9.47. The second-order valence-electron chi connectivity index (χ2n) is 3.81. The maximum Gasteiger partial charge on any atom is 0.243 e. The van der Waals surface area contributed by atoms with Gasteiger partial charge in [0.2, 0.25) is 5.95 Å². The molecule has 0 radical (unpaired) electrons. The van der Waals surface area contributed by atoms with E-state index in [9.17, 15) is 0 Å². The molecule has 0 saturated heterocycles. The summed E-state index contributed by atoms with van der Waals surface area (Å²) in [5.74, 6) is 0.626. The molecule has 3 aromatic heterocycles. The molecule has 0 aromatic carbocycles. The highest BCUT2D eigenvalue weighted by Gasteiger charge is 2.05. The predicted octanol–water partition coefficient (Wildman–Crippen LogP) is 1.87. The van der Waals surface area contributed by atoms with Crippen molar-refractivity contribution < 1.29 is 0 Å². The quantitative estimate of drug-likeness (QED) is 0.772. The van der Waals surface area contributed by atoms with Crippen LogP contribution in [0.1, 0.15) is 5.69 Å². The molecule has 3 aromatic rings. The Kier molecular flexibility index (Phi) is 2.97. The molecule has 0 atom stereocenters. The minimum atomic E-state index is 0.626. The van der Waals surface area contributed by atoms with Gasteiger partial charge in [-0.25, -0.2) is 9.50 Å². The molecule has 0 unspecified atom stereocenters. The molecule has 0 fully saturated rings. The number of fused-ring (bicyclic) bond motifs is 1. The van der Waals surface area contributed by atoms with Crippen LogP contribution in [0, 0.1) is 0 Å². The van der Waals surface area contributed by atoms with Gasteiger partial charge in [0.15, 0.2) is 5.65 Å². The number of H-pyrrole nitrogens is 1. The summed E-state index contributed by atoms with van der Waals surface area (Å²) in [6, 6.07) is 3.86. The van der Waals surface area contributed by atoms with E-state index in [0.717, 1.165) is 28.8 Å². The summed E-state index contributed by atoms with van der Waals surface area (Å²) in [4.78, 5) is 11.4. The molecule has 0 aliphatic carbocycles. The number of nitrogens with one attached hydrogen (secondary N) is 2. The van der Waals surface area contributed by atoms with Crippen LogP contribution in [0.25, 0.3) is 5.65 Å². The molecule has 2 N–H and O–H groups in total. The lowest BCUT2D eigenvalue weighted by atomic mass is 10.3. The molecular formula is C11H11BrN6. The van der Waals surface area contributed by atoms with Gasteiger partial charge in [-0.15, -0.1) is 5.10 Å². The summed E-state index contributed by atoms with van der Waals surface area (Å²) in [5, 5.41) is 7.52. The Labute approximate surface area is 112 Å². The summed E-state index contributed by atoms with van der Waals surface area (Å²) in [6.45, 7) is 0.761. The number of pyridine rings is 1. The normalized spacial score (nSPS) is 10.9. The van der Waals surface area contributed by atoms with Crippen molar-refractivity contribution in [2.75, 3.05) is 11.9 Å². The van der Waals surface area contributed by atoms with Crippen molar-refractivity contribution in [3.63, 3.8) is 0 Å². The maximum atomic E-state index is 4.40. The van der Waals surface area contributed by atoms with Gasteiger partial charge in [0.25, 0.3) is 0 Å². The molecule has 0 aliphatic rings. The van der Waals surface area contributed by atoms with Crippen LogP contribution in [0.3, 0.4) is 0 Å². The van der Waals surface area contributed by atoms with Crippen molar-refractivity contribution in [3.8, 4) is 0 Å². The number of halogens is 1. The molecule has 0 saturated carbocycles. The first kappa shape index (κ1) is 11.2. The van der Waals surface area contributed by atoms with Gasteiger partial charge >= 0.3 is 0 Å². The Hall–Kier alpha value is -1.89. The molecule has 0 aliphatic heterocycles. The summed E-state index contributed by atoms with van der Waals surface area (Å²) in [5.41, 5.74) is 1.90. The van der Waals surface area contributed by atoms with Crippen molar-refractivity contribution in [3.05, 3.63) is 41.0 Å². The van der Waals surface area contributed by atoms with E-state index in [4.69, 9.17) is 0 Å². The van der Waals surface area contributed by atoms with E-state index in [1.54, 1.807) is 10.8 Å². The van der Waals surface area contributed by atoms with Crippen LogP contribution in [-0.4, -0.2) is 31.1 Å². The van der Waals surface area contributed by atoms with E-state index < -0.39 is 0 Å². The lowest BCUT2D eigenvalue weighted by molar-refractivity contribution is 0.925. The Bertz CT molecular complexity index is 645. The van der Waals surface area contributed by atoms with E-state index in [1.807, 2.05) is 24.5 Å². The number of rotatable bonds is 4. The van der Waals surface area contributed by atoms with Gasteiger partial charge < -0.3 is 10.3 Å². The minimum Gasteiger partial charge on any atom is -0.353 e. The molecule has 3 rings (SSSR count). The summed E-state index contributed by atoms with van der Waals surface area (Å²) in [7, 11) is 0. The molecule has 6 nitrogen and oxygen atoms in total. The van der Waals surface area contributed by atoms with Gasteiger partial charge in [0.05, 0.1) is 10.8 Å². The highest BCUT2D eigenvalue weighted by molar-refractivity contribution is 9.10. The van der Waals surface area contributed by atoms with E-state index in [1.165, 1.54) is 0 Å². The highest BCUT2D eigenvalue weighted by Crippen LogP contribution is 2.16. The molecule has 92 valence electrons. The zero-order chi connectivity index (χ0) is 12.4. The largest absolute Gasteiger partial charge is 0.353 e. The van der Waals surface area contributed by atoms with Crippen molar-refractivity contribution in [1.82, 2.24) is 24.6 Å². The molecule has 0 spiro atoms. The smallest absolute Gasteiger partial charge is 0.243 e. The SMILES string of the molecule is Brc1cccn2nc(NCCc3cnc[nH]3)nc12. The summed E-state index contributed by atoms with van der Waals surface area (Å²) < 4.78 is 2.67.